The zero-order valence-electron chi connectivity index (χ0n) is 24.0. The third-order valence-corrected chi connectivity index (χ3v) is 8.90. The molecule has 1 saturated heterocycles. The number of nitrogen functional groups attached to an aromatic ring is 2. The van der Waals surface area contributed by atoms with Gasteiger partial charge in [-0.1, -0.05) is 38.7 Å². The lowest BCUT2D eigenvalue weighted by molar-refractivity contribution is -0.146. The monoisotopic (exact) mass is 564 g/mol. The highest BCUT2D eigenvalue weighted by molar-refractivity contribution is 6.76. The van der Waals surface area contributed by atoms with Gasteiger partial charge in [-0.3, -0.25) is 14.6 Å². The van der Waals surface area contributed by atoms with Crippen LogP contribution in [0, 0.1) is 5.92 Å². The Morgan fingerprint density at radius 3 is 2.70 bits per heavy atom. The number of nitrogens with zero attached hydrogens (tertiary/aromatic N) is 5. The van der Waals surface area contributed by atoms with E-state index in [0.29, 0.717) is 35.4 Å². The highest BCUT2D eigenvalue weighted by Crippen LogP contribution is 2.35. The summed E-state index contributed by atoms with van der Waals surface area (Å²) in [5, 5.41) is 7.75. The van der Waals surface area contributed by atoms with Gasteiger partial charge in [-0.15, -0.1) is 0 Å². The minimum atomic E-state index is -1.25. The molecule has 11 nitrogen and oxygen atoms in total. The predicted octanol–water partition coefficient (Wildman–Crippen LogP) is 3.90. The highest BCUT2D eigenvalue weighted by atomic mass is 28.3. The minimum absolute atomic E-state index is 0.195. The first-order chi connectivity index (χ1) is 19.0. The van der Waals surface area contributed by atoms with Crippen molar-refractivity contribution in [3.05, 3.63) is 41.7 Å². The number of hydrogen-bond acceptors (Lipinski definition) is 8. The SMILES string of the molecule is CN=Cc1ccc([C@H]2CC[C@H](C)CN2C(=O)C(=O)Nc2cnc(N)c3cnn(COCC[Si](C)(C)C)c23)cc1N. The zero-order chi connectivity index (χ0) is 29.0. The van der Waals surface area contributed by atoms with Crippen LogP contribution in [0.15, 0.2) is 35.6 Å². The Labute approximate surface area is 236 Å². The number of amides is 2. The summed E-state index contributed by atoms with van der Waals surface area (Å²) < 4.78 is 7.51. The van der Waals surface area contributed by atoms with Gasteiger partial charge in [0, 0.05) is 45.7 Å². The molecule has 0 bridgehead atoms. The van der Waals surface area contributed by atoms with Crippen LogP contribution in [0.3, 0.4) is 0 Å². The second-order valence-electron chi connectivity index (χ2n) is 11.7. The number of nitrogens with one attached hydrogen (secondary N) is 1. The molecular formula is C28H40N8O3Si. The van der Waals surface area contributed by atoms with Crippen LogP contribution >= 0.6 is 0 Å². The summed E-state index contributed by atoms with van der Waals surface area (Å²) in [7, 11) is 0.443. The number of hydrogen-bond donors (Lipinski definition) is 3. The summed E-state index contributed by atoms with van der Waals surface area (Å²) in [5.74, 6) is -0.818. The lowest BCUT2D eigenvalue weighted by Gasteiger charge is -2.38. The van der Waals surface area contributed by atoms with Crippen LogP contribution in [0.2, 0.25) is 25.7 Å². The maximum absolute atomic E-state index is 13.6. The fraction of sp³-hybridized carbons (Fsp3) is 0.464. The minimum Gasteiger partial charge on any atom is -0.398 e. The van der Waals surface area contributed by atoms with Gasteiger partial charge in [-0.2, -0.15) is 5.10 Å². The Morgan fingerprint density at radius 1 is 1.23 bits per heavy atom. The van der Waals surface area contributed by atoms with E-state index in [2.05, 4.69) is 47.0 Å². The Morgan fingerprint density at radius 2 is 2.00 bits per heavy atom. The van der Waals surface area contributed by atoms with Crippen molar-refractivity contribution in [3.8, 4) is 0 Å². The molecule has 0 radical (unpaired) electrons. The normalized spacial score (nSPS) is 18.0. The molecule has 12 heteroatoms. The summed E-state index contributed by atoms with van der Waals surface area (Å²) in [4.78, 5) is 36.9. The molecule has 2 atom stereocenters. The van der Waals surface area contributed by atoms with Gasteiger partial charge in [0.05, 0.1) is 35.0 Å². The lowest BCUT2D eigenvalue weighted by atomic mass is 9.89. The fourth-order valence-electron chi connectivity index (χ4n) is 4.93. The maximum Gasteiger partial charge on any atom is 0.314 e. The predicted molar refractivity (Wildman–Crippen MR) is 162 cm³/mol. The number of piperidine rings is 1. The molecule has 0 saturated carbocycles. The highest BCUT2D eigenvalue weighted by Gasteiger charge is 2.35. The van der Waals surface area contributed by atoms with Crippen molar-refractivity contribution >= 4 is 54.2 Å². The summed E-state index contributed by atoms with van der Waals surface area (Å²) in [6, 6.07) is 6.45. The van der Waals surface area contributed by atoms with Crippen molar-refractivity contribution in [1.82, 2.24) is 19.7 Å². The maximum atomic E-state index is 13.6. The van der Waals surface area contributed by atoms with E-state index >= 15 is 0 Å². The molecule has 1 fully saturated rings. The van der Waals surface area contributed by atoms with Gasteiger partial charge in [-0.25, -0.2) is 9.67 Å². The fourth-order valence-corrected chi connectivity index (χ4v) is 5.68. The number of aromatic nitrogens is 3. The Balaban J connectivity index is 1.55. The van der Waals surface area contributed by atoms with Crippen molar-refractivity contribution in [2.75, 3.05) is 37.0 Å². The molecule has 1 aromatic carbocycles. The molecule has 3 aromatic rings. The number of rotatable bonds is 8. The first kappa shape index (κ1) is 29.2. The van der Waals surface area contributed by atoms with E-state index in [9.17, 15) is 9.59 Å². The average molecular weight is 565 g/mol. The van der Waals surface area contributed by atoms with Crippen molar-refractivity contribution in [2.45, 2.75) is 58.2 Å². The number of carbonyl (C=O) groups is 2. The largest absolute Gasteiger partial charge is 0.398 e. The van der Waals surface area contributed by atoms with E-state index in [1.807, 2.05) is 18.2 Å². The third kappa shape index (κ3) is 6.68. The van der Waals surface area contributed by atoms with Crippen LogP contribution in [-0.4, -0.2) is 66.0 Å². The van der Waals surface area contributed by atoms with Gasteiger partial charge in [0.1, 0.15) is 12.5 Å². The topological polar surface area (TPSA) is 154 Å². The number of benzene rings is 1. The van der Waals surface area contributed by atoms with E-state index in [1.54, 1.807) is 29.0 Å². The summed E-state index contributed by atoms with van der Waals surface area (Å²) >= 11 is 0. The van der Waals surface area contributed by atoms with Crippen LogP contribution in [0.1, 0.15) is 36.9 Å². The molecule has 40 heavy (non-hydrogen) atoms. The van der Waals surface area contributed by atoms with Gasteiger partial charge in [0.15, 0.2) is 0 Å². The van der Waals surface area contributed by atoms with E-state index in [0.717, 1.165) is 30.0 Å². The number of nitrogens with two attached hydrogens (primary N) is 2. The Kier molecular flexibility index (Phi) is 8.89. The molecule has 0 spiro atoms. The first-order valence-electron chi connectivity index (χ1n) is 13.6. The number of likely N-dealkylation sites (tertiary alicyclic amines) is 1. The molecule has 2 aromatic heterocycles. The molecule has 1 aliphatic heterocycles. The summed E-state index contributed by atoms with van der Waals surface area (Å²) in [5.41, 5.74) is 15.5. The second-order valence-corrected chi connectivity index (χ2v) is 17.3. The molecule has 3 heterocycles. The Hall–Kier alpha value is -3.77. The average Bonchev–Trinajstić information content (AvgIpc) is 3.33. The molecule has 0 aliphatic carbocycles. The van der Waals surface area contributed by atoms with Gasteiger partial charge >= 0.3 is 11.8 Å². The van der Waals surface area contributed by atoms with Crippen molar-refractivity contribution in [1.29, 1.82) is 0 Å². The number of anilines is 3. The van der Waals surface area contributed by atoms with Crippen molar-refractivity contribution < 1.29 is 14.3 Å². The quantitative estimate of drug-likeness (QED) is 0.123. The Bertz CT molecular complexity index is 1410. The molecule has 2 amide bonds. The van der Waals surface area contributed by atoms with Crippen LogP contribution in [0.4, 0.5) is 17.2 Å². The van der Waals surface area contributed by atoms with E-state index in [1.165, 1.54) is 6.20 Å². The standard InChI is InChI=1S/C28H40N8O3Si/c1-18-6-9-24(19-7-8-20(13-31-2)22(29)12-19)35(16-18)28(38)27(37)34-23-15-32-26(30)21-14-33-36(25(21)23)17-39-10-11-40(3,4)5/h7-8,12-15,18,24H,6,9-11,16-17,29H2,1-5H3,(H2,30,32)(H,34,37)/t18-,24+/m0/s1. The number of ether oxygens (including phenoxy) is 1. The summed E-state index contributed by atoms with van der Waals surface area (Å²) in [6.07, 6.45) is 6.41. The van der Waals surface area contributed by atoms with E-state index in [4.69, 9.17) is 16.2 Å². The smallest absolute Gasteiger partial charge is 0.314 e. The van der Waals surface area contributed by atoms with Gasteiger partial charge in [0.25, 0.3) is 0 Å². The molecule has 214 valence electrons. The zero-order valence-corrected chi connectivity index (χ0v) is 25.0. The van der Waals surface area contributed by atoms with Crippen LogP contribution in [0.5, 0.6) is 0 Å². The second kappa shape index (κ2) is 12.2. The number of pyridine rings is 1. The molecule has 5 N–H and O–H groups in total. The van der Waals surface area contributed by atoms with E-state index < -0.39 is 19.9 Å². The van der Waals surface area contributed by atoms with Gasteiger partial charge < -0.3 is 26.4 Å². The number of fused-ring (bicyclic) bond motifs is 1. The van der Waals surface area contributed by atoms with Crippen molar-refractivity contribution in [2.24, 2.45) is 10.9 Å². The van der Waals surface area contributed by atoms with Gasteiger partial charge in [0.2, 0.25) is 0 Å². The van der Waals surface area contributed by atoms with E-state index in [-0.39, 0.29) is 24.5 Å². The summed E-state index contributed by atoms with van der Waals surface area (Å²) in [6.45, 7) is 10.2. The van der Waals surface area contributed by atoms with Crippen LogP contribution < -0.4 is 16.8 Å². The lowest BCUT2D eigenvalue weighted by Crippen LogP contribution is -2.46. The van der Waals surface area contributed by atoms with Crippen LogP contribution in [0.25, 0.3) is 10.9 Å². The van der Waals surface area contributed by atoms with Gasteiger partial charge in [-0.05, 0) is 36.4 Å². The third-order valence-electron chi connectivity index (χ3n) is 7.20. The molecule has 1 aliphatic rings. The first-order valence-corrected chi connectivity index (χ1v) is 17.3. The number of carbonyl (C=O) groups excluding carboxylic acids is 2. The van der Waals surface area contributed by atoms with Crippen molar-refractivity contribution in [3.63, 3.8) is 0 Å². The molecule has 4 rings (SSSR count). The number of aliphatic imine (C=N–C) groups is 1. The molecule has 0 unspecified atom stereocenters. The molecular weight excluding hydrogens is 524 g/mol. The van der Waals surface area contributed by atoms with Crippen LogP contribution in [-0.2, 0) is 21.1 Å².